The number of hydrogen-bond acceptors (Lipinski definition) is 3. The second kappa shape index (κ2) is 6.70. The third-order valence-electron chi connectivity index (χ3n) is 3.07. The monoisotopic (exact) mass is 295 g/mol. The summed E-state index contributed by atoms with van der Waals surface area (Å²) in [5.74, 6) is -0.332. The zero-order valence-corrected chi connectivity index (χ0v) is 13.2. The van der Waals surface area contributed by atoms with Crippen molar-refractivity contribution >= 4 is 21.8 Å². The summed E-state index contributed by atoms with van der Waals surface area (Å²) < 4.78 is 21.9. The van der Waals surface area contributed by atoms with E-state index in [2.05, 4.69) is 11.4 Å². The quantitative estimate of drug-likeness (QED) is 0.842. The van der Waals surface area contributed by atoms with E-state index in [9.17, 15) is 13.2 Å². The lowest BCUT2D eigenvalue weighted by Crippen LogP contribution is -2.27. The summed E-state index contributed by atoms with van der Waals surface area (Å²) in [4.78, 5) is 11.6. The van der Waals surface area contributed by atoms with Crippen LogP contribution in [0.15, 0.2) is 18.2 Å². The third kappa shape index (κ3) is 5.57. The van der Waals surface area contributed by atoms with Gasteiger partial charge in [-0.05, 0) is 49.1 Å². The zero-order chi connectivity index (χ0) is 15.3. The molecule has 0 atom stereocenters. The van der Waals surface area contributed by atoms with Gasteiger partial charge in [-0.3, -0.25) is 4.79 Å². The van der Waals surface area contributed by atoms with E-state index in [1.165, 1.54) is 17.2 Å². The Morgan fingerprint density at radius 2 is 1.75 bits per heavy atom. The summed E-state index contributed by atoms with van der Waals surface area (Å²) in [6.45, 7) is 6.20. The average molecular weight is 295 g/mol. The van der Waals surface area contributed by atoms with E-state index in [-0.39, 0.29) is 18.2 Å². The van der Waals surface area contributed by atoms with Gasteiger partial charge >= 0.3 is 0 Å². The molecule has 0 saturated carbocycles. The highest BCUT2D eigenvalue weighted by molar-refractivity contribution is 7.90. The maximum Gasteiger partial charge on any atom is 0.244 e. The first kappa shape index (κ1) is 16.4. The van der Waals surface area contributed by atoms with Crippen molar-refractivity contribution in [1.29, 1.82) is 0 Å². The largest absolute Gasteiger partial charge is 0.352 e. The van der Waals surface area contributed by atoms with Crippen molar-refractivity contribution in [2.24, 2.45) is 0 Å². The van der Waals surface area contributed by atoms with Crippen LogP contribution in [0.1, 0.15) is 22.3 Å². The van der Waals surface area contributed by atoms with Gasteiger partial charge in [0.2, 0.25) is 5.91 Å². The van der Waals surface area contributed by atoms with Crippen LogP contribution in [-0.4, -0.2) is 32.9 Å². The minimum Gasteiger partial charge on any atom is -0.352 e. The van der Waals surface area contributed by atoms with Gasteiger partial charge in [-0.25, -0.2) is 8.42 Å². The van der Waals surface area contributed by atoms with Gasteiger partial charge in [0.15, 0.2) is 0 Å². The summed E-state index contributed by atoms with van der Waals surface area (Å²) in [6, 6.07) is 4.11. The molecule has 1 rings (SSSR count). The van der Waals surface area contributed by atoms with E-state index < -0.39 is 9.84 Å². The number of carbonyl (C=O) groups excluding carboxylic acids is 1. The van der Waals surface area contributed by atoms with Gasteiger partial charge in [-0.2, -0.15) is 0 Å². The van der Waals surface area contributed by atoms with Crippen molar-refractivity contribution in [3.8, 4) is 0 Å². The van der Waals surface area contributed by atoms with E-state index in [1.807, 2.05) is 26.8 Å². The number of aryl methyl sites for hydroxylation is 3. The predicted molar refractivity (Wildman–Crippen MR) is 82.4 cm³/mol. The molecule has 20 heavy (non-hydrogen) atoms. The lowest BCUT2D eigenvalue weighted by Gasteiger charge is -2.06. The molecule has 1 amide bonds. The predicted octanol–water partition coefficient (Wildman–Crippen LogP) is 1.79. The maximum atomic E-state index is 11.6. The summed E-state index contributed by atoms with van der Waals surface area (Å²) in [7, 11) is -3.04. The van der Waals surface area contributed by atoms with Crippen molar-refractivity contribution in [2.75, 3.05) is 18.6 Å². The fraction of sp³-hybridized carbons (Fsp3) is 0.400. The van der Waals surface area contributed by atoms with Gasteiger partial charge < -0.3 is 5.32 Å². The molecule has 1 aromatic rings. The molecule has 0 aliphatic heterocycles. The molecular formula is C15H21NO3S. The van der Waals surface area contributed by atoms with Gasteiger partial charge in [0.1, 0.15) is 9.84 Å². The maximum absolute atomic E-state index is 11.6. The SMILES string of the molecule is Cc1cc(C)c(/C=C/C(=O)NCCS(C)(=O)=O)cc1C. The summed E-state index contributed by atoms with van der Waals surface area (Å²) in [6.07, 6.45) is 4.32. The van der Waals surface area contributed by atoms with Crippen molar-refractivity contribution in [3.63, 3.8) is 0 Å². The molecule has 1 N–H and O–H groups in total. The first-order valence-electron chi connectivity index (χ1n) is 6.40. The van der Waals surface area contributed by atoms with Gasteiger partial charge in [-0.15, -0.1) is 0 Å². The Kier molecular flexibility index (Phi) is 5.51. The summed E-state index contributed by atoms with van der Waals surface area (Å²) in [5.41, 5.74) is 4.49. The van der Waals surface area contributed by atoms with Crippen molar-refractivity contribution in [1.82, 2.24) is 5.32 Å². The van der Waals surface area contributed by atoms with E-state index in [0.29, 0.717) is 0 Å². The van der Waals surface area contributed by atoms with Crippen molar-refractivity contribution in [3.05, 3.63) is 40.5 Å². The van der Waals surface area contributed by atoms with Crippen LogP contribution in [0.5, 0.6) is 0 Å². The number of nitrogens with one attached hydrogen (secondary N) is 1. The Morgan fingerprint density at radius 3 is 2.35 bits per heavy atom. The van der Waals surface area contributed by atoms with E-state index >= 15 is 0 Å². The van der Waals surface area contributed by atoms with Crippen LogP contribution < -0.4 is 5.32 Å². The summed E-state index contributed by atoms with van der Waals surface area (Å²) in [5, 5.41) is 2.55. The van der Waals surface area contributed by atoms with Crippen LogP contribution in [0.2, 0.25) is 0 Å². The van der Waals surface area contributed by atoms with Crippen molar-refractivity contribution in [2.45, 2.75) is 20.8 Å². The fourth-order valence-electron chi connectivity index (χ4n) is 1.75. The highest BCUT2D eigenvalue weighted by atomic mass is 32.2. The molecule has 0 radical (unpaired) electrons. The smallest absolute Gasteiger partial charge is 0.244 e. The second-order valence-electron chi connectivity index (χ2n) is 5.05. The molecule has 0 saturated heterocycles. The molecule has 0 heterocycles. The van der Waals surface area contributed by atoms with Crippen LogP contribution in [0.25, 0.3) is 6.08 Å². The molecule has 0 aromatic heterocycles. The van der Waals surface area contributed by atoms with Crippen LogP contribution >= 0.6 is 0 Å². The molecule has 110 valence electrons. The molecule has 4 nitrogen and oxygen atoms in total. The van der Waals surface area contributed by atoms with E-state index in [0.717, 1.165) is 17.4 Å². The first-order valence-corrected chi connectivity index (χ1v) is 8.46. The highest BCUT2D eigenvalue weighted by Gasteiger charge is 2.03. The third-order valence-corrected chi connectivity index (χ3v) is 4.01. The number of sulfone groups is 1. The zero-order valence-electron chi connectivity index (χ0n) is 12.4. The molecule has 0 fully saturated rings. The molecule has 0 aliphatic carbocycles. The minimum absolute atomic E-state index is 0.0464. The Morgan fingerprint density at radius 1 is 1.15 bits per heavy atom. The van der Waals surface area contributed by atoms with Gasteiger partial charge in [0, 0.05) is 18.9 Å². The van der Waals surface area contributed by atoms with Crippen LogP contribution in [-0.2, 0) is 14.6 Å². The van der Waals surface area contributed by atoms with Crippen molar-refractivity contribution < 1.29 is 13.2 Å². The molecule has 0 bridgehead atoms. The molecule has 0 unspecified atom stereocenters. The number of carbonyl (C=O) groups is 1. The number of benzene rings is 1. The van der Waals surface area contributed by atoms with Gasteiger partial charge in [0.05, 0.1) is 5.75 Å². The highest BCUT2D eigenvalue weighted by Crippen LogP contribution is 2.16. The van der Waals surface area contributed by atoms with Gasteiger partial charge in [0.25, 0.3) is 0 Å². The van der Waals surface area contributed by atoms with Crippen LogP contribution in [0.3, 0.4) is 0 Å². The standard InChI is InChI=1S/C15H21NO3S/c1-11-9-13(3)14(10-12(11)2)5-6-15(17)16-7-8-20(4,18)19/h5-6,9-10H,7-8H2,1-4H3,(H,16,17)/b6-5+. The Labute approximate surface area is 120 Å². The summed E-state index contributed by atoms with van der Waals surface area (Å²) >= 11 is 0. The van der Waals surface area contributed by atoms with Gasteiger partial charge in [-0.1, -0.05) is 12.1 Å². The lowest BCUT2D eigenvalue weighted by molar-refractivity contribution is -0.116. The Bertz CT molecular complexity index is 631. The second-order valence-corrected chi connectivity index (χ2v) is 7.31. The average Bonchev–Trinajstić information content (AvgIpc) is 2.30. The number of hydrogen-bond donors (Lipinski definition) is 1. The first-order chi connectivity index (χ1) is 9.19. The molecular weight excluding hydrogens is 274 g/mol. The molecule has 5 heteroatoms. The Hall–Kier alpha value is -1.62. The molecule has 0 spiro atoms. The van der Waals surface area contributed by atoms with Crippen LogP contribution in [0.4, 0.5) is 0 Å². The normalized spacial score (nSPS) is 11.8. The fourth-order valence-corrected chi connectivity index (χ4v) is 2.22. The Balaban J connectivity index is 2.64. The molecule has 1 aromatic carbocycles. The minimum atomic E-state index is -3.04. The number of amides is 1. The van der Waals surface area contributed by atoms with E-state index in [4.69, 9.17) is 0 Å². The van der Waals surface area contributed by atoms with Crippen LogP contribution in [0, 0.1) is 20.8 Å². The van der Waals surface area contributed by atoms with E-state index in [1.54, 1.807) is 6.08 Å². The lowest BCUT2D eigenvalue weighted by atomic mass is 10.0. The number of rotatable bonds is 5. The molecule has 0 aliphatic rings. The topological polar surface area (TPSA) is 63.2 Å².